The lowest BCUT2D eigenvalue weighted by Gasteiger charge is -2.26. The van der Waals surface area contributed by atoms with E-state index >= 15 is 0 Å². The van der Waals surface area contributed by atoms with Crippen molar-refractivity contribution in [3.05, 3.63) is 42.5 Å². The van der Waals surface area contributed by atoms with E-state index in [1.54, 1.807) is 36.6 Å². The number of hydrogen-bond donors (Lipinski definition) is 3. The molecule has 7 heteroatoms. The van der Waals surface area contributed by atoms with Crippen LogP contribution in [0.3, 0.4) is 0 Å². The predicted molar refractivity (Wildman–Crippen MR) is 134 cm³/mol. The topological polar surface area (TPSA) is 100.0 Å². The number of ether oxygens (including phenoxy) is 1. The first-order valence-corrected chi connectivity index (χ1v) is 11.9. The molecule has 2 amide bonds. The number of nitrogens with two attached hydrogens (primary N) is 1. The van der Waals surface area contributed by atoms with Crippen molar-refractivity contribution in [2.75, 3.05) is 18.2 Å². The van der Waals surface area contributed by atoms with Crippen LogP contribution in [-0.4, -0.2) is 41.1 Å². The second kappa shape index (κ2) is 11.7. The van der Waals surface area contributed by atoms with Crippen molar-refractivity contribution in [3.8, 4) is 5.75 Å². The van der Waals surface area contributed by atoms with Crippen LogP contribution >= 0.6 is 0 Å². The summed E-state index contributed by atoms with van der Waals surface area (Å²) in [5.41, 5.74) is 8.33. The molecule has 7 nitrogen and oxygen atoms in total. The third-order valence-corrected chi connectivity index (χ3v) is 6.50. The highest BCUT2D eigenvalue weighted by atomic mass is 16.5. The number of amides is 2. The highest BCUT2D eigenvalue weighted by Crippen LogP contribution is 2.44. The Bertz CT molecular complexity index is 939. The van der Waals surface area contributed by atoms with Crippen molar-refractivity contribution in [2.45, 2.75) is 64.3 Å². The van der Waals surface area contributed by atoms with Crippen molar-refractivity contribution >= 4 is 29.3 Å². The number of nitrogens with one attached hydrogen (secondary N) is 1. The molecule has 2 saturated carbocycles. The van der Waals surface area contributed by atoms with Gasteiger partial charge in [-0.25, -0.2) is 0 Å². The van der Waals surface area contributed by atoms with Crippen LogP contribution in [0, 0.1) is 11.8 Å². The van der Waals surface area contributed by atoms with E-state index in [9.17, 15) is 10.0 Å². The third-order valence-electron chi connectivity index (χ3n) is 6.50. The summed E-state index contributed by atoms with van der Waals surface area (Å²) in [6.07, 6.45) is 15.6. The van der Waals surface area contributed by atoms with E-state index in [0.717, 1.165) is 31.1 Å². The predicted octanol–water partition coefficient (Wildman–Crippen LogP) is 5.58. The summed E-state index contributed by atoms with van der Waals surface area (Å²) >= 11 is 0. The summed E-state index contributed by atoms with van der Waals surface area (Å²) in [7, 11) is 1.51. The monoisotopic (exact) mass is 453 g/mol. The van der Waals surface area contributed by atoms with Crippen LogP contribution in [-0.2, 0) is 0 Å². The lowest BCUT2D eigenvalue weighted by Crippen LogP contribution is -2.28. The van der Waals surface area contributed by atoms with Crippen molar-refractivity contribution in [3.63, 3.8) is 0 Å². The molecule has 4 N–H and O–H groups in total. The Kier molecular flexibility index (Phi) is 8.69. The van der Waals surface area contributed by atoms with Gasteiger partial charge in [0.2, 0.25) is 0 Å². The molecule has 0 aromatic heterocycles. The minimum atomic E-state index is -0.684. The van der Waals surface area contributed by atoms with Crippen LogP contribution in [0.4, 0.5) is 16.2 Å². The molecule has 0 unspecified atom stereocenters. The summed E-state index contributed by atoms with van der Waals surface area (Å²) in [6, 6.07) is 3.03. The molecule has 3 rings (SSSR count). The first-order valence-electron chi connectivity index (χ1n) is 11.9. The number of benzene rings is 1. The van der Waals surface area contributed by atoms with Crippen LogP contribution in [0.15, 0.2) is 41.9 Å². The maximum Gasteiger partial charge on any atom is 0.535 e. The number of nitrogens with zero attached hydrogens (tertiary/aromatic N) is 2. The fourth-order valence-corrected chi connectivity index (χ4v) is 4.46. The zero-order chi connectivity index (χ0) is 23.8. The number of hydroxylamine groups is 1. The molecule has 2 aliphatic rings. The van der Waals surface area contributed by atoms with E-state index in [1.165, 1.54) is 32.8 Å². The zero-order valence-corrected chi connectivity index (χ0v) is 19.8. The van der Waals surface area contributed by atoms with Gasteiger partial charge < -0.3 is 15.7 Å². The van der Waals surface area contributed by atoms with Gasteiger partial charge in [-0.05, 0) is 73.7 Å². The number of nitrogen functional groups attached to an aromatic ring is 1. The molecule has 0 spiro atoms. The normalized spacial score (nSPS) is 21.8. The number of allylic oxidation sites excluding steroid dienone is 3. The van der Waals surface area contributed by atoms with Gasteiger partial charge in [0, 0.05) is 36.0 Å². The molecular formula is C26H37N4O3+. The number of aliphatic imine (C=N–C) groups is 1. The average Bonchev–Trinajstić information content (AvgIpc) is 3.67. The van der Waals surface area contributed by atoms with Crippen molar-refractivity contribution in [1.29, 1.82) is 0 Å². The lowest BCUT2D eigenvalue weighted by molar-refractivity contribution is -0.696. The summed E-state index contributed by atoms with van der Waals surface area (Å²) in [4.78, 5) is 17.5. The molecule has 0 aliphatic heterocycles. The Labute approximate surface area is 196 Å². The van der Waals surface area contributed by atoms with Gasteiger partial charge in [0.15, 0.2) is 17.1 Å². The smallest absolute Gasteiger partial charge is 0.492 e. The van der Waals surface area contributed by atoms with Crippen LogP contribution in [0.5, 0.6) is 5.75 Å². The van der Waals surface area contributed by atoms with Crippen LogP contribution in [0.2, 0.25) is 0 Å². The van der Waals surface area contributed by atoms with Gasteiger partial charge in [-0.1, -0.05) is 25.7 Å². The molecule has 2 fully saturated rings. The van der Waals surface area contributed by atoms with Gasteiger partial charge in [-0.2, -0.15) is 10.1 Å². The number of rotatable bonds is 9. The maximum absolute atomic E-state index is 12.7. The summed E-state index contributed by atoms with van der Waals surface area (Å²) in [5, 5.41) is 13.2. The molecule has 178 valence electrons. The first kappa shape index (κ1) is 24.6. The zero-order valence-electron chi connectivity index (χ0n) is 19.8. The number of hydrogen-bond acceptors (Lipinski definition) is 5. The van der Waals surface area contributed by atoms with Gasteiger partial charge in [0.25, 0.3) is 0 Å². The highest BCUT2D eigenvalue weighted by Gasteiger charge is 2.33. The molecule has 0 heterocycles. The largest absolute Gasteiger partial charge is 0.535 e. The fourth-order valence-electron chi connectivity index (χ4n) is 4.46. The molecule has 0 bridgehead atoms. The molecule has 0 atom stereocenters. The van der Waals surface area contributed by atoms with Crippen LogP contribution in [0.1, 0.15) is 63.9 Å². The third kappa shape index (κ3) is 6.70. The molecule has 0 radical (unpaired) electrons. The highest BCUT2D eigenvalue weighted by molar-refractivity contribution is 5.98. The lowest BCUT2D eigenvalue weighted by atomic mass is 9.83. The first-order chi connectivity index (χ1) is 16.0. The Morgan fingerprint density at radius 3 is 2.52 bits per heavy atom. The number of urea groups is 1. The average molecular weight is 454 g/mol. The van der Waals surface area contributed by atoms with Gasteiger partial charge in [-0.3, -0.25) is 4.99 Å². The number of methoxy groups -OCH3 is 1. The fraction of sp³-hybridized carbons (Fsp3) is 0.500. The second-order valence-electron chi connectivity index (χ2n) is 8.94. The van der Waals surface area contributed by atoms with Crippen LogP contribution < -0.4 is 15.8 Å². The molecule has 33 heavy (non-hydrogen) atoms. The van der Waals surface area contributed by atoms with Crippen molar-refractivity contribution < 1.29 is 19.5 Å². The quantitative estimate of drug-likeness (QED) is 0.0864. The number of carbonyl (C=O) groups is 1. The minimum Gasteiger partial charge on any atom is -0.492 e. The summed E-state index contributed by atoms with van der Waals surface area (Å²) < 4.78 is 6.01. The van der Waals surface area contributed by atoms with E-state index in [2.05, 4.69) is 11.9 Å². The summed E-state index contributed by atoms with van der Waals surface area (Å²) in [5.74, 6) is 2.27. The number of anilines is 2. The summed E-state index contributed by atoms with van der Waals surface area (Å²) in [6.45, 7) is 5.60. The Hall–Kier alpha value is -3.09. The molecule has 0 saturated heterocycles. The Balaban J connectivity index is 1.75. The Morgan fingerprint density at radius 2 is 1.94 bits per heavy atom. The van der Waals surface area contributed by atoms with Crippen molar-refractivity contribution in [2.24, 2.45) is 16.8 Å². The van der Waals surface area contributed by atoms with E-state index in [1.807, 2.05) is 6.92 Å². The van der Waals surface area contributed by atoms with Crippen LogP contribution in [0.25, 0.3) is 0 Å². The molecular weight excluding hydrogens is 416 g/mol. The van der Waals surface area contributed by atoms with Gasteiger partial charge in [0.05, 0.1) is 7.11 Å². The maximum atomic E-state index is 12.7. The van der Waals surface area contributed by atoms with E-state index in [4.69, 9.17) is 15.5 Å². The van der Waals surface area contributed by atoms with Crippen molar-refractivity contribution in [1.82, 2.24) is 0 Å². The SMILES string of the molecule is C=C/C=C\C(CCC)=[N+](\O)C(=O)Nc1cc(C=NC2CCC(C3CC3)CC2)c(N)cc1OC. The van der Waals surface area contributed by atoms with Gasteiger partial charge >= 0.3 is 6.03 Å². The number of carbonyl (C=O) groups excluding carboxylic acids is 1. The minimum absolute atomic E-state index is 0.315. The van der Waals surface area contributed by atoms with E-state index in [0.29, 0.717) is 45.6 Å². The second-order valence-corrected chi connectivity index (χ2v) is 8.94. The van der Waals surface area contributed by atoms with E-state index in [-0.39, 0.29) is 0 Å². The molecule has 1 aromatic rings. The van der Waals surface area contributed by atoms with E-state index < -0.39 is 6.03 Å². The van der Waals surface area contributed by atoms with Gasteiger partial charge in [-0.15, -0.1) is 0 Å². The standard InChI is InChI=1S/C26H36N4O3/c1-4-6-8-22(7-5-2)30(32)26(31)29-24-15-20(23(27)16-25(24)33-3)17-28-21-13-11-19(12-14-21)18-9-10-18/h4,6,8,15-19,21H,1,5,7,9-14H2,2-3H3,(H3-,27,28,29,31,32)/p+1/b8-6-,30-22+. The van der Waals surface area contributed by atoms with Gasteiger partial charge in [0.1, 0.15) is 0 Å². The molecule has 2 aliphatic carbocycles. The molecule has 1 aromatic carbocycles. The Morgan fingerprint density at radius 1 is 1.27 bits per heavy atom.